The highest BCUT2D eigenvalue weighted by Crippen LogP contribution is 2.37. The molecule has 0 bridgehead atoms. The molecule has 0 radical (unpaired) electrons. The lowest BCUT2D eigenvalue weighted by molar-refractivity contribution is -0.138. The highest BCUT2D eigenvalue weighted by Gasteiger charge is 2.24. The molecule has 1 aromatic heterocycles. The van der Waals surface area contributed by atoms with Crippen LogP contribution in [0, 0.1) is 5.92 Å². The minimum Gasteiger partial charge on any atom is -0.481 e. The number of carboxylic acid groups (broad SMARTS) is 1. The van der Waals surface area contributed by atoms with Gasteiger partial charge in [-0.3, -0.25) is 14.9 Å². The quantitative estimate of drug-likeness (QED) is 0.509. The Labute approximate surface area is 193 Å². The largest absolute Gasteiger partial charge is 0.481 e. The van der Waals surface area contributed by atoms with Crippen LogP contribution in [0.25, 0.3) is 0 Å². The second kappa shape index (κ2) is 11.0. The number of carbonyl (C=O) groups is 2. The van der Waals surface area contributed by atoms with Crippen molar-refractivity contribution in [3.8, 4) is 0 Å². The SMILES string of the molecule is O=C(O)C[C@H]1CC[C@H](c2ccc(C(=O)Nc3nnc(CCNC4CCCC4)s3)cc2)CC1. The Morgan fingerprint density at radius 2 is 1.72 bits per heavy atom. The number of rotatable bonds is 9. The van der Waals surface area contributed by atoms with E-state index in [1.807, 2.05) is 24.3 Å². The van der Waals surface area contributed by atoms with Crippen molar-refractivity contribution in [1.29, 1.82) is 0 Å². The summed E-state index contributed by atoms with van der Waals surface area (Å²) in [4.78, 5) is 23.5. The molecule has 2 aromatic rings. The zero-order chi connectivity index (χ0) is 22.3. The summed E-state index contributed by atoms with van der Waals surface area (Å²) in [7, 11) is 0. The van der Waals surface area contributed by atoms with Gasteiger partial charge in [-0.05, 0) is 68.1 Å². The van der Waals surface area contributed by atoms with Crippen LogP contribution in [-0.2, 0) is 11.2 Å². The first-order valence-corrected chi connectivity index (χ1v) is 12.6. The van der Waals surface area contributed by atoms with Gasteiger partial charge in [-0.2, -0.15) is 0 Å². The van der Waals surface area contributed by atoms with Crippen molar-refractivity contribution < 1.29 is 14.7 Å². The van der Waals surface area contributed by atoms with Gasteiger partial charge in [0.1, 0.15) is 5.01 Å². The van der Waals surface area contributed by atoms with Crippen molar-refractivity contribution >= 4 is 28.3 Å². The minimum absolute atomic E-state index is 0.173. The lowest BCUT2D eigenvalue weighted by Gasteiger charge is -2.28. The van der Waals surface area contributed by atoms with Crippen molar-refractivity contribution in [2.24, 2.45) is 5.92 Å². The molecule has 0 aliphatic heterocycles. The number of aromatic nitrogens is 2. The Kier molecular flexibility index (Phi) is 7.86. The van der Waals surface area contributed by atoms with E-state index >= 15 is 0 Å². The number of hydrogen-bond acceptors (Lipinski definition) is 6. The normalized spacial score (nSPS) is 21.5. The summed E-state index contributed by atoms with van der Waals surface area (Å²) in [5.41, 5.74) is 1.83. The highest BCUT2D eigenvalue weighted by atomic mass is 32.1. The molecular weight excluding hydrogens is 424 g/mol. The van der Waals surface area contributed by atoms with Gasteiger partial charge >= 0.3 is 5.97 Å². The molecule has 1 heterocycles. The molecule has 0 saturated heterocycles. The van der Waals surface area contributed by atoms with E-state index < -0.39 is 5.97 Å². The van der Waals surface area contributed by atoms with Crippen molar-refractivity contribution in [3.63, 3.8) is 0 Å². The lowest BCUT2D eigenvalue weighted by atomic mass is 9.77. The molecule has 2 fully saturated rings. The molecule has 8 heteroatoms. The number of carboxylic acids is 1. The van der Waals surface area contributed by atoms with Crippen LogP contribution in [0.1, 0.15) is 84.6 Å². The Morgan fingerprint density at radius 1 is 1.00 bits per heavy atom. The number of benzene rings is 1. The number of hydrogen-bond donors (Lipinski definition) is 3. The van der Waals surface area contributed by atoms with Gasteiger partial charge < -0.3 is 10.4 Å². The van der Waals surface area contributed by atoms with Crippen LogP contribution in [0.5, 0.6) is 0 Å². The molecule has 172 valence electrons. The first-order chi connectivity index (χ1) is 15.6. The maximum Gasteiger partial charge on any atom is 0.303 e. The Balaban J connectivity index is 1.23. The Bertz CT molecular complexity index is 900. The van der Waals surface area contributed by atoms with E-state index in [4.69, 9.17) is 5.11 Å². The molecule has 7 nitrogen and oxygen atoms in total. The molecule has 0 spiro atoms. The third kappa shape index (κ3) is 6.36. The third-order valence-corrected chi connectivity index (χ3v) is 7.67. The molecule has 2 aliphatic carbocycles. The summed E-state index contributed by atoms with van der Waals surface area (Å²) in [6, 6.07) is 8.42. The van der Waals surface area contributed by atoms with Crippen LogP contribution in [0.3, 0.4) is 0 Å². The Hall–Kier alpha value is -2.32. The summed E-state index contributed by atoms with van der Waals surface area (Å²) in [5, 5.41) is 25.2. The standard InChI is InChI=1S/C24H32N4O3S/c29-22(30)15-16-5-7-17(8-6-16)18-9-11-19(12-10-18)23(31)26-24-28-27-21(32-24)13-14-25-20-3-1-2-4-20/h9-12,16-17,20,25H,1-8,13-15H2,(H,29,30)(H,26,28,31)/t16-,17-. The lowest BCUT2D eigenvalue weighted by Crippen LogP contribution is -2.27. The van der Waals surface area contributed by atoms with Crippen LogP contribution >= 0.6 is 11.3 Å². The van der Waals surface area contributed by atoms with Crippen LogP contribution in [0.4, 0.5) is 5.13 Å². The van der Waals surface area contributed by atoms with E-state index in [0.29, 0.717) is 28.6 Å². The second-order valence-electron chi connectivity index (χ2n) is 9.08. The maximum atomic E-state index is 12.6. The molecule has 0 atom stereocenters. The van der Waals surface area contributed by atoms with Gasteiger partial charge in [0.2, 0.25) is 5.13 Å². The van der Waals surface area contributed by atoms with Gasteiger partial charge in [-0.1, -0.05) is 36.3 Å². The van der Waals surface area contributed by atoms with E-state index in [1.54, 1.807) is 0 Å². The first-order valence-electron chi connectivity index (χ1n) is 11.8. The molecule has 0 unspecified atom stereocenters. The number of nitrogens with zero attached hydrogens (tertiary/aromatic N) is 2. The number of aliphatic carboxylic acids is 1. The number of nitrogens with one attached hydrogen (secondary N) is 2. The number of anilines is 1. The van der Waals surface area contributed by atoms with Crippen LogP contribution in [0.2, 0.25) is 0 Å². The van der Waals surface area contributed by atoms with Crippen molar-refractivity contribution in [3.05, 3.63) is 40.4 Å². The van der Waals surface area contributed by atoms with Crippen molar-refractivity contribution in [2.45, 2.75) is 76.2 Å². The third-order valence-electron chi connectivity index (χ3n) is 6.77. The molecule has 4 rings (SSSR count). The molecule has 2 saturated carbocycles. The van der Waals surface area contributed by atoms with Crippen LogP contribution in [0.15, 0.2) is 24.3 Å². The predicted octanol–water partition coefficient (Wildman–Crippen LogP) is 4.61. The predicted molar refractivity (Wildman–Crippen MR) is 125 cm³/mol. The summed E-state index contributed by atoms with van der Waals surface area (Å²) in [5.74, 6) is -0.134. The highest BCUT2D eigenvalue weighted by molar-refractivity contribution is 7.15. The molecule has 1 amide bonds. The van der Waals surface area contributed by atoms with Crippen molar-refractivity contribution in [2.75, 3.05) is 11.9 Å². The van der Waals surface area contributed by atoms with Gasteiger partial charge in [0.05, 0.1) is 0 Å². The fourth-order valence-corrected chi connectivity index (χ4v) is 5.68. The maximum absolute atomic E-state index is 12.6. The average Bonchev–Trinajstić information content (AvgIpc) is 3.46. The fraction of sp³-hybridized carbons (Fsp3) is 0.583. The van der Waals surface area contributed by atoms with E-state index in [9.17, 15) is 9.59 Å². The second-order valence-corrected chi connectivity index (χ2v) is 10.1. The van der Waals surface area contributed by atoms with Gasteiger partial charge in [-0.25, -0.2) is 0 Å². The van der Waals surface area contributed by atoms with E-state index in [0.717, 1.165) is 43.7 Å². The van der Waals surface area contributed by atoms with Gasteiger partial charge in [0.15, 0.2) is 0 Å². The van der Waals surface area contributed by atoms with Gasteiger partial charge in [-0.15, -0.1) is 10.2 Å². The number of amides is 1. The summed E-state index contributed by atoms with van der Waals surface area (Å²) in [6.45, 7) is 0.896. The van der Waals surface area contributed by atoms with E-state index in [2.05, 4.69) is 20.8 Å². The smallest absolute Gasteiger partial charge is 0.303 e. The topological polar surface area (TPSA) is 104 Å². The van der Waals surface area contributed by atoms with Crippen molar-refractivity contribution in [1.82, 2.24) is 15.5 Å². The zero-order valence-electron chi connectivity index (χ0n) is 18.4. The minimum atomic E-state index is -0.702. The average molecular weight is 457 g/mol. The van der Waals surface area contributed by atoms with Crippen LogP contribution < -0.4 is 10.6 Å². The molecule has 2 aliphatic rings. The summed E-state index contributed by atoms with van der Waals surface area (Å²) < 4.78 is 0. The van der Waals surface area contributed by atoms with E-state index in [-0.39, 0.29) is 12.3 Å². The molecular formula is C24H32N4O3S. The van der Waals surface area contributed by atoms with Gasteiger partial charge in [0.25, 0.3) is 5.91 Å². The number of carbonyl (C=O) groups excluding carboxylic acids is 1. The fourth-order valence-electron chi connectivity index (χ4n) is 4.94. The molecule has 32 heavy (non-hydrogen) atoms. The Morgan fingerprint density at radius 3 is 2.41 bits per heavy atom. The van der Waals surface area contributed by atoms with E-state index in [1.165, 1.54) is 42.6 Å². The monoisotopic (exact) mass is 456 g/mol. The first kappa shape index (κ1) is 22.9. The summed E-state index contributed by atoms with van der Waals surface area (Å²) in [6.07, 6.45) is 10.2. The zero-order valence-corrected chi connectivity index (χ0v) is 19.2. The molecule has 1 aromatic carbocycles. The summed E-state index contributed by atoms with van der Waals surface area (Å²) >= 11 is 1.43. The molecule has 3 N–H and O–H groups in total. The van der Waals surface area contributed by atoms with Crippen LogP contribution in [-0.4, -0.2) is 39.8 Å². The van der Waals surface area contributed by atoms with Gasteiger partial charge in [0, 0.05) is 31.0 Å².